The summed E-state index contributed by atoms with van der Waals surface area (Å²) in [6.45, 7) is 4.21. The van der Waals surface area contributed by atoms with Crippen LogP contribution in [0.25, 0.3) is 0 Å². The van der Waals surface area contributed by atoms with Gasteiger partial charge in [0.15, 0.2) is 17.3 Å². The molecule has 0 radical (unpaired) electrons. The van der Waals surface area contributed by atoms with E-state index in [9.17, 15) is 4.79 Å². The fourth-order valence-electron chi connectivity index (χ4n) is 4.06. The van der Waals surface area contributed by atoms with Crippen LogP contribution in [0.5, 0.6) is 11.5 Å². The fraction of sp³-hybridized carbons (Fsp3) is 0.583. The second-order valence-electron chi connectivity index (χ2n) is 8.30. The molecule has 33 heavy (non-hydrogen) atoms. The Morgan fingerprint density at radius 1 is 1.21 bits per heavy atom. The monoisotopic (exact) mass is 456 g/mol. The zero-order chi connectivity index (χ0) is 22.9. The molecule has 1 atom stereocenters. The van der Waals surface area contributed by atoms with Crippen LogP contribution in [0, 0.1) is 0 Å². The largest absolute Gasteiger partial charge is 0.466 e. The van der Waals surface area contributed by atoms with Gasteiger partial charge in [0.2, 0.25) is 12.7 Å². The lowest BCUT2D eigenvalue weighted by molar-refractivity contribution is -0.143. The second kappa shape index (κ2) is 11.7. The van der Waals surface area contributed by atoms with Gasteiger partial charge in [-0.25, -0.2) is 0 Å². The molecule has 2 aliphatic heterocycles. The van der Waals surface area contributed by atoms with Crippen molar-refractivity contribution in [1.82, 2.24) is 15.5 Å². The molecule has 2 aliphatic rings. The number of ether oxygens (including phenoxy) is 3. The Morgan fingerprint density at radius 2 is 2.12 bits per heavy atom. The Bertz CT molecular complexity index is 958. The number of unbranched alkanes of at least 4 members (excludes halogenated alkanes) is 1. The highest BCUT2D eigenvalue weighted by molar-refractivity contribution is 5.82. The summed E-state index contributed by atoms with van der Waals surface area (Å²) in [4.78, 5) is 21.3. The van der Waals surface area contributed by atoms with Crippen LogP contribution in [0.15, 0.2) is 27.7 Å². The lowest BCUT2D eigenvalue weighted by Gasteiger charge is -2.15. The molecule has 9 nitrogen and oxygen atoms in total. The van der Waals surface area contributed by atoms with Crippen LogP contribution in [0.3, 0.4) is 0 Å². The number of nitrogens with zero attached hydrogens (tertiary/aromatic N) is 3. The maximum absolute atomic E-state index is 12.2. The molecule has 3 heterocycles. The summed E-state index contributed by atoms with van der Waals surface area (Å²) in [5.74, 6) is 3.33. The number of aliphatic imine (C=N–C) groups is 1. The Hall–Kier alpha value is -3.10. The van der Waals surface area contributed by atoms with Crippen LogP contribution >= 0.6 is 0 Å². The molecule has 0 saturated heterocycles. The minimum absolute atomic E-state index is 0.160. The van der Waals surface area contributed by atoms with Gasteiger partial charge < -0.3 is 24.1 Å². The molecule has 1 unspecified atom stereocenters. The number of rotatable bonds is 11. The van der Waals surface area contributed by atoms with Crippen LogP contribution < -0.4 is 14.8 Å². The van der Waals surface area contributed by atoms with E-state index >= 15 is 0 Å². The maximum atomic E-state index is 12.2. The molecule has 1 aromatic carbocycles. The van der Waals surface area contributed by atoms with Crippen molar-refractivity contribution in [1.29, 1.82) is 0 Å². The van der Waals surface area contributed by atoms with E-state index in [1.807, 2.05) is 18.2 Å². The predicted molar refractivity (Wildman–Crippen MR) is 122 cm³/mol. The number of aryl methyl sites for hydroxylation is 1. The van der Waals surface area contributed by atoms with Crippen LogP contribution in [-0.4, -0.2) is 48.4 Å². The van der Waals surface area contributed by atoms with E-state index in [1.54, 1.807) is 6.92 Å². The van der Waals surface area contributed by atoms with Crippen LogP contribution in [-0.2, 0) is 22.4 Å². The molecule has 1 N–H and O–H groups in total. The molecule has 0 bridgehead atoms. The van der Waals surface area contributed by atoms with Gasteiger partial charge in [-0.3, -0.25) is 9.79 Å². The van der Waals surface area contributed by atoms with Gasteiger partial charge in [-0.05, 0) is 50.3 Å². The molecule has 9 heteroatoms. The molecule has 4 rings (SSSR count). The molecule has 0 fully saturated rings. The van der Waals surface area contributed by atoms with Crippen molar-refractivity contribution in [3.05, 3.63) is 35.5 Å². The predicted octanol–water partition coefficient (Wildman–Crippen LogP) is 3.57. The fourth-order valence-corrected chi connectivity index (χ4v) is 4.06. The van der Waals surface area contributed by atoms with Crippen molar-refractivity contribution < 1.29 is 23.5 Å². The van der Waals surface area contributed by atoms with E-state index in [1.165, 1.54) is 12.8 Å². The van der Waals surface area contributed by atoms with Crippen molar-refractivity contribution in [2.45, 2.75) is 64.2 Å². The quantitative estimate of drug-likeness (QED) is 0.404. The number of hydrogen-bond acceptors (Lipinski definition) is 9. The topological polar surface area (TPSA) is 108 Å². The standard InChI is InChI=1S/C24H32N4O5/c1-2-30-24(29)15-18(17-9-10-19-20(13-17)32-16-31-19)14-23-27-22(28-33-23)8-4-6-12-26-21-7-3-5-11-25-21/h9-10,13,18H,2-8,11-12,14-16H2,1H3,(H,25,26). The molecular weight excluding hydrogens is 424 g/mol. The van der Waals surface area contributed by atoms with E-state index in [0.717, 1.165) is 50.2 Å². The van der Waals surface area contributed by atoms with Gasteiger partial charge in [0.05, 0.1) is 18.9 Å². The van der Waals surface area contributed by atoms with Gasteiger partial charge in [0.1, 0.15) is 0 Å². The van der Waals surface area contributed by atoms with Gasteiger partial charge in [0.25, 0.3) is 0 Å². The number of esters is 1. The molecule has 0 amide bonds. The molecule has 0 saturated carbocycles. The third-order valence-corrected chi connectivity index (χ3v) is 5.80. The highest BCUT2D eigenvalue weighted by Crippen LogP contribution is 2.36. The number of amidine groups is 1. The second-order valence-corrected chi connectivity index (χ2v) is 8.30. The lowest BCUT2D eigenvalue weighted by atomic mass is 9.92. The van der Waals surface area contributed by atoms with Crippen molar-refractivity contribution >= 4 is 11.8 Å². The van der Waals surface area contributed by atoms with E-state index < -0.39 is 0 Å². The van der Waals surface area contributed by atoms with Crippen molar-refractivity contribution in [3.63, 3.8) is 0 Å². The van der Waals surface area contributed by atoms with Gasteiger partial charge in [-0.15, -0.1) is 0 Å². The zero-order valence-electron chi connectivity index (χ0n) is 19.2. The smallest absolute Gasteiger partial charge is 0.306 e. The van der Waals surface area contributed by atoms with Gasteiger partial charge >= 0.3 is 5.97 Å². The average molecular weight is 457 g/mol. The van der Waals surface area contributed by atoms with Crippen molar-refractivity contribution in [2.75, 3.05) is 26.5 Å². The Kier molecular flexibility index (Phi) is 8.16. The first kappa shape index (κ1) is 23.1. The number of carbonyl (C=O) groups is 1. The summed E-state index contributed by atoms with van der Waals surface area (Å²) in [6.07, 6.45) is 6.89. The van der Waals surface area contributed by atoms with E-state index in [2.05, 4.69) is 20.4 Å². The first-order valence-electron chi connectivity index (χ1n) is 11.8. The zero-order valence-corrected chi connectivity index (χ0v) is 19.2. The summed E-state index contributed by atoms with van der Waals surface area (Å²) in [5, 5.41) is 7.56. The highest BCUT2D eigenvalue weighted by Gasteiger charge is 2.23. The van der Waals surface area contributed by atoms with Crippen LogP contribution in [0.2, 0.25) is 0 Å². The molecular formula is C24H32N4O5. The third-order valence-electron chi connectivity index (χ3n) is 5.80. The Morgan fingerprint density at radius 3 is 2.97 bits per heavy atom. The molecule has 0 aliphatic carbocycles. The van der Waals surface area contributed by atoms with Crippen molar-refractivity contribution in [2.24, 2.45) is 4.99 Å². The highest BCUT2D eigenvalue weighted by atomic mass is 16.7. The minimum atomic E-state index is -0.255. The summed E-state index contributed by atoms with van der Waals surface area (Å²) >= 11 is 0. The van der Waals surface area contributed by atoms with Gasteiger partial charge in [0, 0.05) is 38.3 Å². The summed E-state index contributed by atoms with van der Waals surface area (Å²) < 4.78 is 21.6. The SMILES string of the molecule is CCOC(=O)CC(Cc1nc(CCCCNC2=NCCCC2)no1)c1ccc2c(c1)OCO2. The molecule has 0 spiro atoms. The Balaban J connectivity index is 1.30. The number of hydrogen-bond donors (Lipinski definition) is 1. The molecule has 1 aromatic heterocycles. The van der Waals surface area contributed by atoms with Crippen LogP contribution in [0.1, 0.15) is 68.6 Å². The lowest BCUT2D eigenvalue weighted by Crippen LogP contribution is -2.26. The van der Waals surface area contributed by atoms with Crippen LogP contribution in [0.4, 0.5) is 0 Å². The Labute approximate surface area is 193 Å². The van der Waals surface area contributed by atoms with E-state index in [-0.39, 0.29) is 25.1 Å². The number of carbonyl (C=O) groups excluding carboxylic acids is 1. The van der Waals surface area contributed by atoms with Gasteiger partial charge in [-0.1, -0.05) is 11.2 Å². The first-order chi connectivity index (χ1) is 16.2. The first-order valence-corrected chi connectivity index (χ1v) is 11.8. The summed E-state index contributed by atoms with van der Waals surface area (Å²) in [7, 11) is 0. The maximum Gasteiger partial charge on any atom is 0.306 e. The summed E-state index contributed by atoms with van der Waals surface area (Å²) in [6, 6.07) is 5.72. The van der Waals surface area contributed by atoms with E-state index in [4.69, 9.17) is 18.7 Å². The van der Waals surface area contributed by atoms with Crippen molar-refractivity contribution in [3.8, 4) is 11.5 Å². The van der Waals surface area contributed by atoms with Gasteiger partial charge in [-0.2, -0.15) is 4.98 Å². The molecule has 178 valence electrons. The average Bonchev–Trinajstić information content (AvgIpc) is 3.48. The summed E-state index contributed by atoms with van der Waals surface area (Å²) in [5.41, 5.74) is 0.948. The number of nitrogens with one attached hydrogen (secondary N) is 1. The number of fused-ring (bicyclic) bond motifs is 1. The minimum Gasteiger partial charge on any atom is -0.466 e. The number of benzene rings is 1. The third kappa shape index (κ3) is 6.69. The normalized spacial score (nSPS) is 15.7. The number of aromatic nitrogens is 2. The molecule has 2 aromatic rings. The van der Waals surface area contributed by atoms with E-state index in [0.29, 0.717) is 36.2 Å².